The predicted molar refractivity (Wildman–Crippen MR) is 79.1 cm³/mol. The minimum Gasteiger partial charge on any atom is -0.475 e. The number of nitrogens with zero attached hydrogens (tertiary/aromatic N) is 3. The average molecular weight is 286 g/mol. The Labute approximate surface area is 121 Å². The van der Waals surface area contributed by atoms with Crippen LogP contribution in [0.3, 0.4) is 0 Å². The zero-order chi connectivity index (χ0) is 14.8. The molecule has 1 rings (SSSR count). The summed E-state index contributed by atoms with van der Waals surface area (Å²) >= 11 is 6.13. The first-order valence-corrected chi connectivity index (χ1v) is 6.87. The zero-order valence-electron chi connectivity index (χ0n) is 12.9. The second-order valence-electron chi connectivity index (χ2n) is 5.95. The normalized spacial score (nSPS) is 12.3. The molecule has 0 amide bonds. The fourth-order valence-electron chi connectivity index (χ4n) is 1.26. The van der Waals surface area contributed by atoms with E-state index in [4.69, 9.17) is 16.3 Å². The van der Waals surface area contributed by atoms with Crippen molar-refractivity contribution in [2.75, 3.05) is 20.7 Å². The molecular weight excluding hydrogens is 262 g/mol. The molecule has 1 aromatic rings. The van der Waals surface area contributed by atoms with Crippen LogP contribution in [0.4, 0.5) is 0 Å². The maximum absolute atomic E-state index is 6.13. The largest absolute Gasteiger partial charge is 0.475 e. The highest BCUT2D eigenvalue weighted by Crippen LogP contribution is 2.25. The van der Waals surface area contributed by atoms with Gasteiger partial charge in [0.15, 0.2) is 0 Å². The van der Waals surface area contributed by atoms with Gasteiger partial charge in [-0.1, -0.05) is 25.4 Å². The van der Waals surface area contributed by atoms with Gasteiger partial charge in [-0.3, -0.25) is 0 Å². The quantitative estimate of drug-likeness (QED) is 0.778. The van der Waals surface area contributed by atoms with Gasteiger partial charge in [-0.15, -0.1) is 0 Å². The lowest BCUT2D eigenvalue weighted by molar-refractivity contribution is 0.110. The van der Waals surface area contributed by atoms with E-state index in [1.165, 1.54) is 0 Å². The second kappa shape index (κ2) is 6.06. The maximum Gasteiger partial charge on any atom is 0.221 e. The summed E-state index contributed by atoms with van der Waals surface area (Å²) in [6.45, 7) is 10.7. The minimum absolute atomic E-state index is 0.0676. The Kier molecular flexibility index (Phi) is 5.16. The average Bonchev–Trinajstić information content (AvgIpc) is 2.30. The van der Waals surface area contributed by atoms with Crippen molar-refractivity contribution in [3.63, 3.8) is 0 Å². The molecule has 108 valence electrons. The first kappa shape index (κ1) is 16.2. The first-order valence-electron chi connectivity index (χ1n) is 6.49. The molecule has 0 aliphatic carbocycles. The summed E-state index contributed by atoms with van der Waals surface area (Å²) in [5.41, 5.74) is 0.725. The van der Waals surface area contributed by atoms with Gasteiger partial charge in [0.25, 0.3) is 0 Å². The van der Waals surface area contributed by atoms with Crippen molar-refractivity contribution < 1.29 is 4.74 Å². The van der Waals surface area contributed by atoms with Gasteiger partial charge in [0.05, 0.1) is 0 Å². The molecule has 0 fully saturated rings. The lowest BCUT2D eigenvalue weighted by Gasteiger charge is -2.32. The fraction of sp³-hybridized carbons (Fsp3) is 0.714. The van der Waals surface area contributed by atoms with Crippen molar-refractivity contribution in [2.45, 2.75) is 46.1 Å². The Hall–Kier alpha value is -0.870. The van der Waals surface area contributed by atoms with Crippen LogP contribution < -0.4 is 4.74 Å². The Balaban J connectivity index is 2.95. The van der Waals surface area contributed by atoms with Crippen LogP contribution in [0.5, 0.6) is 5.88 Å². The maximum atomic E-state index is 6.13. The van der Waals surface area contributed by atoms with E-state index in [0.29, 0.717) is 23.5 Å². The molecular formula is C14H24ClN3O. The van der Waals surface area contributed by atoms with Crippen LogP contribution in [0.25, 0.3) is 0 Å². The van der Waals surface area contributed by atoms with Gasteiger partial charge >= 0.3 is 0 Å². The summed E-state index contributed by atoms with van der Waals surface area (Å²) in [4.78, 5) is 10.9. The Bertz CT molecular complexity index is 445. The van der Waals surface area contributed by atoms with Gasteiger partial charge < -0.3 is 9.64 Å². The molecule has 1 heterocycles. The molecule has 4 nitrogen and oxygen atoms in total. The van der Waals surface area contributed by atoms with E-state index in [0.717, 1.165) is 5.56 Å². The van der Waals surface area contributed by atoms with E-state index < -0.39 is 0 Å². The molecule has 0 saturated carbocycles. The number of halogens is 1. The van der Waals surface area contributed by atoms with Crippen LogP contribution in [0.2, 0.25) is 5.15 Å². The van der Waals surface area contributed by atoms with Gasteiger partial charge in [-0.25, -0.2) is 4.98 Å². The van der Waals surface area contributed by atoms with Crippen LogP contribution in [0.1, 0.15) is 45.0 Å². The van der Waals surface area contributed by atoms with E-state index in [2.05, 4.69) is 28.7 Å². The monoisotopic (exact) mass is 285 g/mol. The third-order valence-electron chi connectivity index (χ3n) is 3.35. The smallest absolute Gasteiger partial charge is 0.221 e. The molecule has 0 aliphatic rings. The van der Waals surface area contributed by atoms with Crippen molar-refractivity contribution in [3.05, 3.63) is 16.5 Å². The van der Waals surface area contributed by atoms with Crippen molar-refractivity contribution >= 4 is 11.6 Å². The third-order valence-corrected chi connectivity index (χ3v) is 3.72. The summed E-state index contributed by atoms with van der Waals surface area (Å²) in [5.74, 6) is 1.52. The van der Waals surface area contributed by atoms with Crippen LogP contribution in [-0.4, -0.2) is 41.1 Å². The summed E-state index contributed by atoms with van der Waals surface area (Å²) in [5, 5.41) is 0.469. The van der Waals surface area contributed by atoms with Crippen LogP contribution in [0, 0.1) is 6.92 Å². The van der Waals surface area contributed by atoms with Gasteiger partial charge in [0.1, 0.15) is 17.6 Å². The highest BCUT2D eigenvalue weighted by molar-refractivity contribution is 6.30. The van der Waals surface area contributed by atoms with Crippen LogP contribution in [0.15, 0.2) is 0 Å². The lowest BCUT2D eigenvalue weighted by Crippen LogP contribution is -2.43. The molecule has 0 bridgehead atoms. The van der Waals surface area contributed by atoms with E-state index in [1.54, 1.807) is 0 Å². The highest BCUT2D eigenvalue weighted by Gasteiger charge is 2.23. The van der Waals surface area contributed by atoms with Crippen LogP contribution >= 0.6 is 11.6 Å². The van der Waals surface area contributed by atoms with Crippen molar-refractivity contribution in [3.8, 4) is 5.88 Å². The van der Waals surface area contributed by atoms with E-state index >= 15 is 0 Å². The number of ether oxygens (including phenoxy) is 1. The van der Waals surface area contributed by atoms with Gasteiger partial charge in [-0.2, -0.15) is 4.98 Å². The summed E-state index contributed by atoms with van der Waals surface area (Å²) < 4.78 is 5.86. The van der Waals surface area contributed by atoms with E-state index in [9.17, 15) is 0 Å². The topological polar surface area (TPSA) is 38.3 Å². The predicted octanol–water partition coefficient (Wildman–Crippen LogP) is 3.28. The fourth-order valence-corrected chi connectivity index (χ4v) is 1.43. The van der Waals surface area contributed by atoms with Crippen molar-refractivity contribution in [1.82, 2.24) is 14.9 Å². The summed E-state index contributed by atoms with van der Waals surface area (Å²) in [7, 11) is 4.06. The Morgan fingerprint density at radius 1 is 1.26 bits per heavy atom. The van der Waals surface area contributed by atoms with E-state index in [1.807, 2.05) is 34.9 Å². The molecule has 0 N–H and O–H groups in total. The zero-order valence-corrected chi connectivity index (χ0v) is 13.7. The highest BCUT2D eigenvalue weighted by atomic mass is 35.5. The summed E-state index contributed by atoms with van der Waals surface area (Å²) in [6, 6.07) is 0. The van der Waals surface area contributed by atoms with Gasteiger partial charge in [-0.05, 0) is 34.9 Å². The number of aromatic nitrogens is 2. The van der Waals surface area contributed by atoms with Crippen LogP contribution in [-0.2, 0) is 0 Å². The second-order valence-corrected chi connectivity index (χ2v) is 6.31. The third kappa shape index (κ3) is 4.05. The SMILES string of the molecule is Cc1c(Cl)nc(C(C)C)nc1OCC(C)(C)N(C)C. The molecule has 5 heteroatoms. The number of rotatable bonds is 5. The summed E-state index contributed by atoms with van der Waals surface area (Å²) in [6.07, 6.45) is 0. The van der Waals surface area contributed by atoms with Gasteiger partial charge in [0, 0.05) is 17.0 Å². The number of hydrogen-bond donors (Lipinski definition) is 0. The molecule has 19 heavy (non-hydrogen) atoms. The number of likely N-dealkylation sites (N-methyl/N-ethyl adjacent to an activating group) is 1. The molecule has 0 unspecified atom stereocenters. The van der Waals surface area contributed by atoms with Crippen molar-refractivity contribution in [2.24, 2.45) is 0 Å². The molecule has 1 aromatic heterocycles. The minimum atomic E-state index is -0.0676. The van der Waals surface area contributed by atoms with Gasteiger partial charge in [0.2, 0.25) is 5.88 Å². The Morgan fingerprint density at radius 2 is 1.84 bits per heavy atom. The Morgan fingerprint density at radius 3 is 2.32 bits per heavy atom. The number of hydrogen-bond acceptors (Lipinski definition) is 4. The first-order chi connectivity index (χ1) is 8.65. The molecule has 0 spiro atoms. The molecule has 0 radical (unpaired) electrons. The molecule has 0 aliphatic heterocycles. The molecule has 0 aromatic carbocycles. The molecule has 0 atom stereocenters. The standard InChI is InChI=1S/C14H24ClN3O/c1-9(2)12-16-11(15)10(3)13(17-12)19-8-14(4,5)18(6)7/h9H,8H2,1-7H3. The van der Waals surface area contributed by atoms with E-state index in [-0.39, 0.29) is 11.5 Å². The van der Waals surface area contributed by atoms with Crippen molar-refractivity contribution in [1.29, 1.82) is 0 Å². The molecule has 0 saturated heterocycles. The lowest BCUT2D eigenvalue weighted by atomic mass is 10.1.